The predicted molar refractivity (Wildman–Crippen MR) is 136 cm³/mol. The van der Waals surface area contributed by atoms with Gasteiger partial charge in [0.15, 0.2) is 0 Å². The topological polar surface area (TPSA) is 81.6 Å². The predicted octanol–water partition coefficient (Wildman–Crippen LogP) is 3.67. The largest absolute Gasteiger partial charge is 0.387 e. The molecule has 0 amide bonds. The molecule has 188 valence electrons. The minimum atomic E-state index is -1.11. The Hall–Kier alpha value is -1.94. The molecule has 9 heteroatoms. The fraction of sp³-hybridized carbons (Fsp3) is 0.577. The number of carbonyl (C=O) groups excluding carboxylic acids is 1. The number of halogens is 2. The van der Waals surface area contributed by atoms with Gasteiger partial charge in [0.1, 0.15) is 29.8 Å². The number of aldehydes is 1. The van der Waals surface area contributed by atoms with Crippen molar-refractivity contribution in [1.29, 1.82) is 0 Å². The summed E-state index contributed by atoms with van der Waals surface area (Å²) in [5, 5.41) is 14.0. The number of rotatable bonds is 5. The van der Waals surface area contributed by atoms with Crippen molar-refractivity contribution in [2.45, 2.75) is 69.2 Å². The number of fused-ring (bicyclic) bond motifs is 1. The molecule has 0 bridgehead atoms. The van der Waals surface area contributed by atoms with E-state index in [1.54, 1.807) is 6.07 Å². The Morgan fingerprint density at radius 2 is 2.00 bits per heavy atom. The molecule has 1 aromatic carbocycles. The number of benzene rings is 1. The van der Waals surface area contributed by atoms with Crippen molar-refractivity contribution in [1.82, 2.24) is 20.2 Å². The van der Waals surface area contributed by atoms with Crippen molar-refractivity contribution in [2.75, 3.05) is 31.1 Å². The van der Waals surface area contributed by atoms with E-state index in [1.807, 2.05) is 6.07 Å². The summed E-state index contributed by atoms with van der Waals surface area (Å²) in [5.74, 6) is 0.673. The minimum absolute atomic E-state index is 0.120. The van der Waals surface area contributed by atoms with Crippen molar-refractivity contribution in [3.05, 3.63) is 51.6 Å². The molecule has 35 heavy (non-hydrogen) atoms. The van der Waals surface area contributed by atoms with Gasteiger partial charge < -0.3 is 20.1 Å². The van der Waals surface area contributed by atoms with Crippen molar-refractivity contribution in [3.63, 3.8) is 0 Å². The number of carbonyl (C=O) groups is 1. The first-order valence-corrected chi connectivity index (χ1v) is 13.2. The zero-order chi connectivity index (χ0) is 25.0. The Bertz CT molecular complexity index is 1120. The molecule has 2 N–H and O–H groups in total. The van der Waals surface area contributed by atoms with E-state index in [0.29, 0.717) is 42.6 Å². The molecule has 7 nitrogen and oxygen atoms in total. The second kappa shape index (κ2) is 9.18. The number of anilines is 1. The highest BCUT2D eigenvalue weighted by Crippen LogP contribution is 2.44. The van der Waals surface area contributed by atoms with E-state index in [9.17, 15) is 9.90 Å². The highest BCUT2D eigenvalue weighted by Gasteiger charge is 2.51. The number of piperazine rings is 1. The van der Waals surface area contributed by atoms with E-state index in [-0.39, 0.29) is 23.3 Å². The van der Waals surface area contributed by atoms with Crippen molar-refractivity contribution < 1.29 is 14.3 Å². The smallest absolute Gasteiger partial charge is 0.146 e. The first-order valence-electron chi connectivity index (χ1n) is 12.4. The molecule has 2 fully saturated rings. The van der Waals surface area contributed by atoms with Gasteiger partial charge in [-0.3, -0.25) is 4.90 Å². The van der Waals surface area contributed by atoms with Crippen LogP contribution in [0.1, 0.15) is 68.9 Å². The third-order valence-electron chi connectivity index (χ3n) is 8.08. The van der Waals surface area contributed by atoms with Gasteiger partial charge >= 0.3 is 0 Å². The molecule has 0 spiro atoms. The maximum absolute atomic E-state index is 15.4. The molecule has 3 heterocycles. The summed E-state index contributed by atoms with van der Waals surface area (Å²) < 4.78 is 16.1. The van der Waals surface area contributed by atoms with E-state index >= 15 is 4.39 Å². The van der Waals surface area contributed by atoms with Crippen LogP contribution < -0.4 is 10.2 Å². The summed E-state index contributed by atoms with van der Waals surface area (Å²) >= 11 is 3.36. The van der Waals surface area contributed by atoms with Crippen LogP contribution in [0, 0.1) is 5.82 Å². The molecule has 2 aromatic rings. The average Bonchev–Trinajstić information content (AvgIpc) is 3.34. The first-order chi connectivity index (χ1) is 16.7. The fourth-order valence-electron chi connectivity index (χ4n) is 6.31. The number of nitrogens with zero attached hydrogens (tertiary/aromatic N) is 4. The van der Waals surface area contributed by atoms with Crippen molar-refractivity contribution >= 4 is 28.0 Å². The Labute approximate surface area is 214 Å². The van der Waals surface area contributed by atoms with Crippen molar-refractivity contribution in [3.8, 4) is 0 Å². The summed E-state index contributed by atoms with van der Waals surface area (Å²) in [5.41, 5.74) is 0.932. The average molecular weight is 546 g/mol. The van der Waals surface area contributed by atoms with E-state index in [1.165, 1.54) is 12.4 Å². The summed E-state index contributed by atoms with van der Waals surface area (Å²) in [6.07, 6.45) is 4.28. The lowest BCUT2D eigenvalue weighted by Crippen LogP contribution is -2.64. The highest BCUT2D eigenvalue weighted by molar-refractivity contribution is 9.10. The van der Waals surface area contributed by atoms with Gasteiger partial charge in [0.2, 0.25) is 0 Å². The molecule has 1 aliphatic carbocycles. The fourth-order valence-corrected chi connectivity index (χ4v) is 6.64. The maximum Gasteiger partial charge on any atom is 0.146 e. The summed E-state index contributed by atoms with van der Waals surface area (Å²) in [6.45, 7) is 8.82. The second-order valence-electron chi connectivity index (χ2n) is 10.8. The van der Waals surface area contributed by atoms with Gasteiger partial charge in [-0.05, 0) is 51.2 Å². The quantitative estimate of drug-likeness (QED) is 0.554. The lowest BCUT2D eigenvalue weighted by Gasteiger charge is -2.49. The highest BCUT2D eigenvalue weighted by atomic mass is 79.9. The van der Waals surface area contributed by atoms with Crippen LogP contribution >= 0.6 is 15.9 Å². The van der Waals surface area contributed by atoms with Gasteiger partial charge in [0.25, 0.3) is 0 Å². The zero-order valence-electron chi connectivity index (χ0n) is 20.5. The molecular formula is C26H33BrFN5O2. The van der Waals surface area contributed by atoms with Crippen LogP contribution in [-0.4, -0.2) is 64.0 Å². The third kappa shape index (κ3) is 4.20. The summed E-state index contributed by atoms with van der Waals surface area (Å²) in [7, 11) is 0. The molecule has 1 aromatic heterocycles. The first kappa shape index (κ1) is 24.7. The van der Waals surface area contributed by atoms with Crippen LogP contribution in [0.2, 0.25) is 0 Å². The molecule has 0 saturated carbocycles. The van der Waals surface area contributed by atoms with Gasteiger partial charge in [-0.1, -0.05) is 28.9 Å². The van der Waals surface area contributed by atoms with Crippen LogP contribution in [0.25, 0.3) is 0 Å². The lowest BCUT2D eigenvalue weighted by atomic mass is 9.80. The molecule has 0 radical (unpaired) electrons. The third-order valence-corrected chi connectivity index (χ3v) is 8.57. The van der Waals surface area contributed by atoms with Crippen LogP contribution in [0.15, 0.2) is 29.0 Å². The molecular weight excluding hydrogens is 513 g/mol. The number of hydrogen-bond acceptors (Lipinski definition) is 7. The SMILES string of the molecule is C[C@@H]1C[C@@H](O)c2ncnc(N3CCN([C@@](C=O)(c4ccc(Br)cc4F)[C@H]4CCC(C)(C)N4)CC3)c21. The minimum Gasteiger partial charge on any atom is -0.387 e. The Morgan fingerprint density at radius 1 is 1.26 bits per heavy atom. The van der Waals surface area contributed by atoms with E-state index in [4.69, 9.17) is 0 Å². The molecule has 3 aliphatic rings. The number of aliphatic hydroxyl groups excluding tert-OH is 1. The van der Waals surface area contributed by atoms with Gasteiger partial charge in [-0.15, -0.1) is 0 Å². The number of aromatic nitrogens is 2. The maximum atomic E-state index is 15.4. The molecule has 4 atom stereocenters. The lowest BCUT2D eigenvalue weighted by molar-refractivity contribution is -0.122. The zero-order valence-corrected chi connectivity index (χ0v) is 22.1. The van der Waals surface area contributed by atoms with Crippen molar-refractivity contribution in [2.24, 2.45) is 0 Å². The monoisotopic (exact) mass is 545 g/mol. The molecule has 2 saturated heterocycles. The van der Waals surface area contributed by atoms with E-state index in [2.05, 4.69) is 61.8 Å². The number of hydrogen-bond donors (Lipinski definition) is 2. The Kier molecular flexibility index (Phi) is 6.49. The standard InChI is InChI=1S/C26H33BrFN5O2/c1-16-12-20(35)23-22(16)24(30-15-29-23)32-8-10-33(11-9-32)26(14-34,21-6-7-25(2,3)31-21)18-5-4-17(27)13-19(18)28/h4-5,13-16,20-21,31,35H,6-12H2,1-3H3/t16-,20-,21-,26+/m1/s1. The van der Waals surface area contributed by atoms with E-state index in [0.717, 1.165) is 36.2 Å². The van der Waals surface area contributed by atoms with Gasteiger partial charge in [-0.2, -0.15) is 0 Å². The van der Waals surface area contributed by atoms with E-state index < -0.39 is 11.6 Å². The number of nitrogens with one attached hydrogen (secondary N) is 1. The van der Waals surface area contributed by atoms with Crippen LogP contribution in [0.3, 0.4) is 0 Å². The Balaban J connectivity index is 1.47. The number of aliphatic hydroxyl groups is 1. The van der Waals surface area contributed by atoms with Gasteiger partial charge in [-0.25, -0.2) is 14.4 Å². The van der Waals surface area contributed by atoms with Gasteiger partial charge in [0, 0.05) is 53.4 Å². The second-order valence-corrected chi connectivity index (χ2v) is 11.7. The van der Waals surface area contributed by atoms with Crippen LogP contribution in [0.4, 0.5) is 10.2 Å². The normalized spacial score (nSPS) is 28.1. The molecule has 0 unspecified atom stereocenters. The summed E-state index contributed by atoms with van der Waals surface area (Å²) in [4.78, 5) is 26.3. The summed E-state index contributed by atoms with van der Waals surface area (Å²) in [6, 6.07) is 4.80. The van der Waals surface area contributed by atoms with Gasteiger partial charge in [0.05, 0.1) is 11.8 Å². The van der Waals surface area contributed by atoms with Crippen LogP contribution in [-0.2, 0) is 10.3 Å². The molecule has 5 rings (SSSR count). The van der Waals surface area contributed by atoms with Crippen LogP contribution in [0.5, 0.6) is 0 Å². The molecule has 2 aliphatic heterocycles. The Morgan fingerprint density at radius 3 is 2.63 bits per heavy atom.